The molecule has 1 N–H and O–H groups in total. The fourth-order valence-electron chi connectivity index (χ4n) is 1.34. The van der Waals surface area contributed by atoms with E-state index >= 15 is 0 Å². The Kier molecular flexibility index (Phi) is 6.16. The zero-order valence-corrected chi connectivity index (χ0v) is 11.4. The maximum Gasteiger partial charge on any atom is 0.121 e. The van der Waals surface area contributed by atoms with E-state index in [1.54, 1.807) is 7.11 Å². The van der Waals surface area contributed by atoms with Crippen molar-refractivity contribution >= 4 is 17.3 Å². The van der Waals surface area contributed by atoms with Crippen LogP contribution < -0.4 is 10.1 Å². The summed E-state index contributed by atoms with van der Waals surface area (Å²) in [6.45, 7) is 6.46. The second kappa shape index (κ2) is 7.41. The number of methoxy groups -OCH3 is 1. The van der Waals surface area contributed by atoms with E-state index in [1.807, 2.05) is 18.2 Å². The molecule has 0 heterocycles. The normalized spacial score (nSPS) is 10.6. The molecule has 1 rings (SSSR count). The van der Waals surface area contributed by atoms with Gasteiger partial charge in [-0.25, -0.2) is 0 Å². The molecule has 3 nitrogen and oxygen atoms in total. The summed E-state index contributed by atoms with van der Waals surface area (Å²) < 4.78 is 10.6. The van der Waals surface area contributed by atoms with Gasteiger partial charge < -0.3 is 14.8 Å². The van der Waals surface area contributed by atoms with Crippen LogP contribution in [0.5, 0.6) is 5.75 Å². The topological polar surface area (TPSA) is 30.5 Å². The Morgan fingerprint density at radius 2 is 2.12 bits per heavy atom. The summed E-state index contributed by atoms with van der Waals surface area (Å²) in [5.41, 5.74) is 0.874. The lowest BCUT2D eigenvalue weighted by molar-refractivity contribution is 0.118. The third kappa shape index (κ3) is 5.29. The molecule has 0 fully saturated rings. The van der Waals surface area contributed by atoms with Gasteiger partial charge in [-0.3, -0.25) is 0 Å². The molecule has 96 valence electrons. The molecule has 0 aliphatic carbocycles. The van der Waals surface area contributed by atoms with Crippen LogP contribution in [0.3, 0.4) is 0 Å². The first-order valence-electron chi connectivity index (χ1n) is 5.78. The number of halogens is 1. The Morgan fingerprint density at radius 1 is 1.35 bits per heavy atom. The number of benzene rings is 1. The Morgan fingerprint density at radius 3 is 2.76 bits per heavy atom. The smallest absolute Gasteiger partial charge is 0.121 e. The second-order valence-corrected chi connectivity index (χ2v) is 4.65. The third-order valence-corrected chi connectivity index (χ3v) is 2.52. The average Bonchev–Trinajstić information content (AvgIpc) is 2.30. The molecule has 0 unspecified atom stereocenters. The van der Waals surface area contributed by atoms with E-state index in [9.17, 15) is 0 Å². The minimum atomic E-state index is 0.565. The van der Waals surface area contributed by atoms with Crippen molar-refractivity contribution in [1.29, 1.82) is 0 Å². The van der Waals surface area contributed by atoms with Gasteiger partial charge in [0.15, 0.2) is 0 Å². The van der Waals surface area contributed by atoms with Gasteiger partial charge in [-0.1, -0.05) is 25.4 Å². The second-order valence-electron chi connectivity index (χ2n) is 4.24. The number of anilines is 1. The Labute approximate surface area is 108 Å². The number of rotatable bonds is 7. The van der Waals surface area contributed by atoms with Crippen LogP contribution in [0.25, 0.3) is 0 Å². The lowest BCUT2D eigenvalue weighted by Crippen LogP contribution is -2.12. The van der Waals surface area contributed by atoms with Crippen molar-refractivity contribution < 1.29 is 9.47 Å². The zero-order chi connectivity index (χ0) is 12.7. The molecule has 0 aromatic heterocycles. The Bertz CT molecular complexity index is 342. The van der Waals surface area contributed by atoms with Crippen LogP contribution in [0.2, 0.25) is 5.02 Å². The number of hydrogen-bond acceptors (Lipinski definition) is 3. The largest absolute Gasteiger partial charge is 0.497 e. The van der Waals surface area contributed by atoms with Crippen molar-refractivity contribution in [2.45, 2.75) is 13.8 Å². The molecule has 1 aromatic rings. The highest BCUT2D eigenvalue weighted by molar-refractivity contribution is 6.33. The maximum atomic E-state index is 6.06. The van der Waals surface area contributed by atoms with Crippen LogP contribution in [-0.2, 0) is 4.74 Å². The molecule has 0 radical (unpaired) electrons. The third-order valence-electron chi connectivity index (χ3n) is 2.19. The summed E-state index contributed by atoms with van der Waals surface area (Å²) in [6, 6.07) is 5.53. The fraction of sp³-hybridized carbons (Fsp3) is 0.538. The van der Waals surface area contributed by atoms with Gasteiger partial charge in [0.2, 0.25) is 0 Å². The molecule has 0 aliphatic heterocycles. The molecule has 0 amide bonds. The Hall–Kier alpha value is -0.930. The summed E-state index contributed by atoms with van der Waals surface area (Å²) in [6.07, 6.45) is 0. The van der Waals surface area contributed by atoms with Gasteiger partial charge in [0.05, 0.1) is 24.4 Å². The van der Waals surface area contributed by atoms with Gasteiger partial charge in [-0.05, 0) is 18.1 Å². The molecular formula is C13H20ClNO2. The van der Waals surface area contributed by atoms with Crippen LogP contribution in [0, 0.1) is 5.92 Å². The highest BCUT2D eigenvalue weighted by Gasteiger charge is 2.01. The van der Waals surface area contributed by atoms with Gasteiger partial charge in [0, 0.05) is 19.2 Å². The molecule has 4 heteroatoms. The van der Waals surface area contributed by atoms with Gasteiger partial charge in [-0.2, -0.15) is 0 Å². The molecule has 0 aliphatic rings. The standard InChI is InChI=1S/C13H20ClNO2/c1-10(2)9-17-7-6-15-13-8-11(16-3)4-5-12(13)14/h4-5,8,10,15H,6-7,9H2,1-3H3. The zero-order valence-electron chi connectivity index (χ0n) is 10.6. The van der Waals surface area contributed by atoms with E-state index in [0.717, 1.165) is 24.6 Å². The first-order valence-corrected chi connectivity index (χ1v) is 6.16. The van der Waals surface area contributed by atoms with Gasteiger partial charge in [0.25, 0.3) is 0 Å². The maximum absolute atomic E-state index is 6.06. The number of ether oxygens (including phenoxy) is 2. The highest BCUT2D eigenvalue weighted by atomic mass is 35.5. The van der Waals surface area contributed by atoms with E-state index < -0.39 is 0 Å². The molecule has 0 saturated carbocycles. The predicted molar refractivity (Wildman–Crippen MR) is 72.2 cm³/mol. The summed E-state index contributed by atoms with van der Waals surface area (Å²) in [7, 11) is 1.64. The predicted octanol–water partition coefficient (Wildman–Crippen LogP) is 3.43. The van der Waals surface area contributed by atoms with Crippen LogP contribution in [-0.4, -0.2) is 26.9 Å². The van der Waals surface area contributed by atoms with Crippen molar-refractivity contribution in [3.63, 3.8) is 0 Å². The van der Waals surface area contributed by atoms with Crippen LogP contribution in [0.15, 0.2) is 18.2 Å². The quantitative estimate of drug-likeness (QED) is 0.759. The summed E-state index contributed by atoms with van der Waals surface area (Å²) >= 11 is 6.06. The van der Waals surface area contributed by atoms with E-state index in [-0.39, 0.29) is 0 Å². The molecular weight excluding hydrogens is 238 g/mol. The molecule has 0 saturated heterocycles. The lowest BCUT2D eigenvalue weighted by atomic mass is 10.2. The lowest BCUT2D eigenvalue weighted by Gasteiger charge is -2.11. The van der Waals surface area contributed by atoms with Gasteiger partial charge >= 0.3 is 0 Å². The van der Waals surface area contributed by atoms with Crippen LogP contribution >= 0.6 is 11.6 Å². The van der Waals surface area contributed by atoms with Crippen molar-refractivity contribution in [2.75, 3.05) is 32.2 Å². The van der Waals surface area contributed by atoms with Gasteiger partial charge in [0.1, 0.15) is 5.75 Å². The average molecular weight is 258 g/mol. The highest BCUT2D eigenvalue weighted by Crippen LogP contribution is 2.26. The molecule has 0 bridgehead atoms. The molecule has 0 atom stereocenters. The van der Waals surface area contributed by atoms with Gasteiger partial charge in [-0.15, -0.1) is 0 Å². The molecule has 1 aromatic carbocycles. The van der Waals surface area contributed by atoms with E-state index in [1.165, 1.54) is 0 Å². The minimum absolute atomic E-state index is 0.565. The van der Waals surface area contributed by atoms with E-state index in [4.69, 9.17) is 21.1 Å². The Balaban J connectivity index is 2.35. The number of hydrogen-bond donors (Lipinski definition) is 1. The van der Waals surface area contributed by atoms with E-state index in [2.05, 4.69) is 19.2 Å². The van der Waals surface area contributed by atoms with Crippen molar-refractivity contribution in [3.05, 3.63) is 23.2 Å². The van der Waals surface area contributed by atoms with Crippen LogP contribution in [0.1, 0.15) is 13.8 Å². The molecule has 17 heavy (non-hydrogen) atoms. The number of nitrogens with one attached hydrogen (secondary N) is 1. The summed E-state index contributed by atoms with van der Waals surface area (Å²) in [5.74, 6) is 1.36. The fourth-order valence-corrected chi connectivity index (χ4v) is 1.53. The first-order chi connectivity index (χ1) is 8.13. The summed E-state index contributed by atoms with van der Waals surface area (Å²) in [5, 5.41) is 3.91. The van der Waals surface area contributed by atoms with Crippen LogP contribution in [0.4, 0.5) is 5.69 Å². The minimum Gasteiger partial charge on any atom is -0.497 e. The van der Waals surface area contributed by atoms with E-state index in [0.29, 0.717) is 17.5 Å². The summed E-state index contributed by atoms with van der Waals surface area (Å²) in [4.78, 5) is 0. The van der Waals surface area contributed by atoms with Crippen molar-refractivity contribution in [3.8, 4) is 5.75 Å². The monoisotopic (exact) mass is 257 g/mol. The van der Waals surface area contributed by atoms with Crippen molar-refractivity contribution in [1.82, 2.24) is 0 Å². The first kappa shape index (κ1) is 14.1. The SMILES string of the molecule is COc1ccc(Cl)c(NCCOCC(C)C)c1. The van der Waals surface area contributed by atoms with Crippen molar-refractivity contribution in [2.24, 2.45) is 5.92 Å². The molecule has 0 spiro atoms.